The highest BCUT2D eigenvalue weighted by atomic mass is 15.1. The van der Waals surface area contributed by atoms with Gasteiger partial charge in [-0.15, -0.1) is 0 Å². The zero-order valence-corrected chi connectivity index (χ0v) is 28.0. The number of aryl methyl sites for hydroxylation is 1. The summed E-state index contributed by atoms with van der Waals surface area (Å²) in [6.07, 6.45) is 8.78. The minimum absolute atomic E-state index is 0.0261. The van der Waals surface area contributed by atoms with Gasteiger partial charge in [0.25, 0.3) is 0 Å². The molecular weight excluding hydrogens is 567 g/mol. The number of allylic oxidation sites excluding steroid dienone is 5. The molecular formula is C46H41N. The number of benzene rings is 6. The summed E-state index contributed by atoms with van der Waals surface area (Å²) in [4.78, 5) is 2.41. The smallest absolute Gasteiger partial charge is 0.0540 e. The van der Waals surface area contributed by atoms with Crippen LogP contribution in [0.2, 0.25) is 0 Å². The fraction of sp³-hybridized carbons (Fsp3) is 0.130. The molecule has 1 nitrogen and oxygen atoms in total. The van der Waals surface area contributed by atoms with Crippen LogP contribution in [0.4, 0.5) is 17.1 Å². The molecule has 0 unspecified atom stereocenters. The maximum Gasteiger partial charge on any atom is 0.0540 e. The highest BCUT2D eigenvalue weighted by Crippen LogP contribution is 2.51. The van der Waals surface area contributed by atoms with Crippen LogP contribution in [-0.4, -0.2) is 0 Å². The first-order valence-electron chi connectivity index (χ1n) is 16.6. The third kappa shape index (κ3) is 5.53. The lowest BCUT2D eigenvalue weighted by Gasteiger charge is -2.28. The lowest BCUT2D eigenvalue weighted by molar-refractivity contribution is 0.660. The van der Waals surface area contributed by atoms with Gasteiger partial charge >= 0.3 is 0 Å². The van der Waals surface area contributed by atoms with Gasteiger partial charge in [0.1, 0.15) is 0 Å². The number of fused-ring (bicyclic) bond motifs is 4. The van der Waals surface area contributed by atoms with Gasteiger partial charge < -0.3 is 4.90 Å². The minimum atomic E-state index is -0.0261. The molecule has 0 amide bonds. The molecule has 230 valence electrons. The maximum atomic E-state index is 2.41. The summed E-state index contributed by atoms with van der Waals surface area (Å²) < 4.78 is 0. The summed E-state index contributed by atoms with van der Waals surface area (Å²) >= 11 is 0. The molecule has 1 heteroatoms. The summed E-state index contributed by atoms with van der Waals surface area (Å²) in [5.41, 5.74) is 15.1. The van der Waals surface area contributed by atoms with E-state index in [4.69, 9.17) is 0 Å². The molecule has 0 N–H and O–H groups in total. The molecule has 0 spiro atoms. The molecule has 0 heterocycles. The van der Waals surface area contributed by atoms with Crippen LogP contribution in [0.1, 0.15) is 55.5 Å². The lowest BCUT2D eigenvalue weighted by atomic mass is 9.82. The van der Waals surface area contributed by atoms with E-state index in [1.54, 1.807) is 0 Å². The predicted octanol–water partition coefficient (Wildman–Crippen LogP) is 13.0. The summed E-state index contributed by atoms with van der Waals surface area (Å²) in [6.45, 7) is 11.1. The fourth-order valence-corrected chi connectivity index (χ4v) is 7.13. The Bertz CT molecular complexity index is 2180. The van der Waals surface area contributed by atoms with E-state index in [1.165, 1.54) is 61.0 Å². The van der Waals surface area contributed by atoms with Gasteiger partial charge in [-0.05, 0) is 107 Å². The zero-order chi connectivity index (χ0) is 32.5. The first-order chi connectivity index (χ1) is 22.9. The topological polar surface area (TPSA) is 3.24 Å². The molecule has 6 aromatic carbocycles. The van der Waals surface area contributed by atoms with E-state index in [2.05, 4.69) is 197 Å². The van der Waals surface area contributed by atoms with E-state index in [0.29, 0.717) is 0 Å². The summed E-state index contributed by atoms with van der Waals surface area (Å²) in [7, 11) is 0. The van der Waals surface area contributed by atoms with Crippen molar-refractivity contribution in [3.8, 4) is 11.1 Å². The molecule has 0 saturated carbocycles. The Morgan fingerprint density at radius 2 is 1.34 bits per heavy atom. The molecule has 0 saturated heterocycles. The Morgan fingerprint density at radius 3 is 2.15 bits per heavy atom. The zero-order valence-electron chi connectivity index (χ0n) is 28.0. The Hall–Kier alpha value is -5.40. The van der Waals surface area contributed by atoms with Crippen molar-refractivity contribution < 1.29 is 0 Å². The SMILES string of the molecule is C\C=C(C)/C(=C\C=C\c1ccc(N(c2ccc3c(c2)-c2ccccc2C3(C)C)c2cccc3ccccc23)cc1)c1ccccc1C. The Labute approximate surface area is 279 Å². The predicted molar refractivity (Wildman–Crippen MR) is 204 cm³/mol. The van der Waals surface area contributed by atoms with Crippen LogP contribution >= 0.6 is 0 Å². The normalized spacial score (nSPS) is 14.0. The molecule has 7 rings (SSSR count). The summed E-state index contributed by atoms with van der Waals surface area (Å²) in [6, 6.07) is 48.7. The standard InChI is InChI=1S/C46H41N/c1-6-32(2)38(39-19-9-7-15-33(39)3)22-13-16-34-25-27-36(28-26-34)47(45-24-14-18-35-17-8-10-20-40(35)45)37-29-30-44-42(31-37)41-21-11-12-23-43(41)46(44,4)5/h6-31H,1-5H3/b16-13+,32-6-,38-22+. The molecule has 0 atom stereocenters. The monoisotopic (exact) mass is 607 g/mol. The van der Waals surface area contributed by atoms with Crippen molar-refractivity contribution in [3.05, 3.63) is 185 Å². The molecule has 0 radical (unpaired) electrons. The molecule has 0 bridgehead atoms. The van der Waals surface area contributed by atoms with Crippen LogP contribution < -0.4 is 4.90 Å². The van der Waals surface area contributed by atoms with Crippen molar-refractivity contribution >= 4 is 39.5 Å². The minimum Gasteiger partial charge on any atom is -0.310 e. The number of nitrogens with zero attached hydrogens (tertiary/aromatic N) is 1. The first kappa shape index (κ1) is 30.3. The number of hydrogen-bond acceptors (Lipinski definition) is 1. The molecule has 0 aliphatic heterocycles. The highest BCUT2D eigenvalue weighted by Gasteiger charge is 2.35. The third-order valence-corrected chi connectivity index (χ3v) is 9.83. The van der Waals surface area contributed by atoms with Crippen LogP contribution in [0.15, 0.2) is 157 Å². The molecule has 6 aromatic rings. The van der Waals surface area contributed by atoms with Crippen LogP contribution in [0.25, 0.3) is 33.5 Å². The second-order valence-electron chi connectivity index (χ2n) is 13.1. The van der Waals surface area contributed by atoms with Crippen molar-refractivity contribution in [1.29, 1.82) is 0 Å². The van der Waals surface area contributed by atoms with Crippen molar-refractivity contribution in [1.82, 2.24) is 0 Å². The Morgan fingerprint density at radius 1 is 0.660 bits per heavy atom. The highest BCUT2D eigenvalue weighted by molar-refractivity contribution is 5.99. The van der Waals surface area contributed by atoms with Crippen LogP contribution in [0.3, 0.4) is 0 Å². The van der Waals surface area contributed by atoms with Gasteiger partial charge in [-0.3, -0.25) is 0 Å². The second-order valence-corrected chi connectivity index (χ2v) is 13.1. The Balaban J connectivity index is 1.30. The van der Waals surface area contributed by atoms with Gasteiger partial charge in [0.15, 0.2) is 0 Å². The van der Waals surface area contributed by atoms with E-state index in [0.717, 1.165) is 16.9 Å². The van der Waals surface area contributed by atoms with E-state index in [1.807, 2.05) is 0 Å². The summed E-state index contributed by atoms with van der Waals surface area (Å²) in [5, 5.41) is 2.46. The van der Waals surface area contributed by atoms with Crippen LogP contribution in [-0.2, 0) is 5.41 Å². The van der Waals surface area contributed by atoms with Gasteiger partial charge in [-0.2, -0.15) is 0 Å². The van der Waals surface area contributed by atoms with Crippen molar-refractivity contribution in [3.63, 3.8) is 0 Å². The van der Waals surface area contributed by atoms with E-state index < -0.39 is 0 Å². The molecule has 0 fully saturated rings. The van der Waals surface area contributed by atoms with Crippen LogP contribution in [0, 0.1) is 6.92 Å². The van der Waals surface area contributed by atoms with Gasteiger partial charge in [0.2, 0.25) is 0 Å². The molecule has 1 aliphatic carbocycles. The number of anilines is 3. The van der Waals surface area contributed by atoms with Crippen molar-refractivity contribution in [2.24, 2.45) is 0 Å². The third-order valence-electron chi connectivity index (χ3n) is 9.83. The number of hydrogen-bond donors (Lipinski definition) is 0. The van der Waals surface area contributed by atoms with Crippen LogP contribution in [0.5, 0.6) is 0 Å². The molecule has 47 heavy (non-hydrogen) atoms. The van der Waals surface area contributed by atoms with Gasteiger partial charge in [0.05, 0.1) is 5.69 Å². The van der Waals surface area contributed by atoms with Gasteiger partial charge in [0, 0.05) is 22.2 Å². The van der Waals surface area contributed by atoms with E-state index in [-0.39, 0.29) is 5.41 Å². The lowest BCUT2D eigenvalue weighted by Crippen LogP contribution is -2.15. The maximum absolute atomic E-state index is 2.41. The van der Waals surface area contributed by atoms with Gasteiger partial charge in [-0.1, -0.05) is 141 Å². The first-order valence-corrected chi connectivity index (χ1v) is 16.6. The van der Waals surface area contributed by atoms with E-state index >= 15 is 0 Å². The van der Waals surface area contributed by atoms with Crippen molar-refractivity contribution in [2.75, 3.05) is 4.90 Å². The van der Waals surface area contributed by atoms with E-state index in [9.17, 15) is 0 Å². The second kappa shape index (κ2) is 12.4. The Kier molecular flexibility index (Phi) is 8.00. The average Bonchev–Trinajstić information content (AvgIpc) is 3.33. The largest absolute Gasteiger partial charge is 0.310 e. The van der Waals surface area contributed by atoms with Gasteiger partial charge in [-0.25, -0.2) is 0 Å². The molecule has 1 aliphatic rings. The summed E-state index contributed by atoms with van der Waals surface area (Å²) in [5.74, 6) is 0. The number of rotatable bonds is 7. The average molecular weight is 608 g/mol. The fourth-order valence-electron chi connectivity index (χ4n) is 7.13. The molecule has 0 aromatic heterocycles. The van der Waals surface area contributed by atoms with Crippen molar-refractivity contribution in [2.45, 2.75) is 40.0 Å². The quantitative estimate of drug-likeness (QED) is 0.163.